The van der Waals surface area contributed by atoms with Crippen molar-refractivity contribution in [2.75, 3.05) is 0 Å². The van der Waals surface area contributed by atoms with Gasteiger partial charge < -0.3 is 0 Å². The minimum Gasteiger partial charge on any atom is -0.254 e. The number of nitrogens with zero attached hydrogens (tertiary/aromatic N) is 2. The molecule has 0 aliphatic carbocycles. The first-order valence-electron chi connectivity index (χ1n) is 8.95. The van der Waals surface area contributed by atoms with E-state index in [2.05, 4.69) is 96.0 Å². The van der Waals surface area contributed by atoms with Gasteiger partial charge in [-0.15, -0.1) is 0 Å². The molecule has 0 amide bonds. The van der Waals surface area contributed by atoms with E-state index in [-0.39, 0.29) is 0 Å². The fourth-order valence-electron chi connectivity index (χ4n) is 3.41. The van der Waals surface area contributed by atoms with Crippen LogP contribution in [0, 0.1) is 0 Å². The standard InChI is InChI=1S/C24H17N2P/c1-3-9-20(10-4-1)27(21-11-5-2-6-12-21)22-16-15-19-14-13-18-8-7-17-25-23(18)24(19)26-22/h1-17H. The fourth-order valence-corrected chi connectivity index (χ4v) is 5.60. The highest BCUT2D eigenvalue weighted by atomic mass is 31.1. The van der Waals surface area contributed by atoms with E-state index in [1.165, 1.54) is 10.6 Å². The number of hydrogen-bond acceptors (Lipinski definition) is 2. The summed E-state index contributed by atoms with van der Waals surface area (Å²) in [5, 5.41) is 4.86. The molecule has 3 aromatic carbocycles. The Morgan fingerprint density at radius 3 is 1.78 bits per heavy atom. The third kappa shape index (κ3) is 2.99. The summed E-state index contributed by atoms with van der Waals surface area (Å²) < 4.78 is 0. The molecule has 0 fully saturated rings. The zero-order chi connectivity index (χ0) is 18.1. The molecule has 3 heteroatoms. The van der Waals surface area contributed by atoms with Crippen LogP contribution in [0.3, 0.4) is 0 Å². The van der Waals surface area contributed by atoms with Crippen LogP contribution in [0.2, 0.25) is 0 Å². The Balaban J connectivity index is 1.76. The van der Waals surface area contributed by atoms with Crippen molar-refractivity contribution >= 4 is 45.8 Å². The first kappa shape index (κ1) is 16.1. The van der Waals surface area contributed by atoms with Gasteiger partial charge in [-0.2, -0.15) is 0 Å². The highest BCUT2D eigenvalue weighted by Crippen LogP contribution is 2.33. The van der Waals surface area contributed by atoms with Crippen molar-refractivity contribution in [1.29, 1.82) is 0 Å². The zero-order valence-corrected chi connectivity index (χ0v) is 15.6. The number of aromatic nitrogens is 2. The SMILES string of the molecule is c1ccc(P(c2ccccc2)c2ccc3ccc4cccnc4c3n2)cc1. The summed E-state index contributed by atoms with van der Waals surface area (Å²) in [6.45, 7) is 0. The highest BCUT2D eigenvalue weighted by molar-refractivity contribution is 7.79. The van der Waals surface area contributed by atoms with Crippen molar-refractivity contribution in [3.05, 3.63) is 103 Å². The summed E-state index contributed by atoms with van der Waals surface area (Å²) >= 11 is 0. The Morgan fingerprint density at radius 1 is 0.519 bits per heavy atom. The van der Waals surface area contributed by atoms with Crippen LogP contribution in [0.15, 0.2) is 103 Å². The summed E-state index contributed by atoms with van der Waals surface area (Å²) in [4.78, 5) is 9.72. The quantitative estimate of drug-likeness (QED) is 0.347. The molecule has 5 aromatic rings. The van der Waals surface area contributed by atoms with Gasteiger partial charge in [-0.25, -0.2) is 4.98 Å². The van der Waals surface area contributed by atoms with E-state index >= 15 is 0 Å². The lowest BCUT2D eigenvalue weighted by atomic mass is 10.1. The van der Waals surface area contributed by atoms with Gasteiger partial charge in [0.2, 0.25) is 0 Å². The lowest BCUT2D eigenvalue weighted by Gasteiger charge is -2.18. The van der Waals surface area contributed by atoms with Gasteiger partial charge in [0.25, 0.3) is 0 Å². The Labute approximate surface area is 159 Å². The Kier molecular flexibility index (Phi) is 4.12. The van der Waals surface area contributed by atoms with Crippen LogP contribution in [0.5, 0.6) is 0 Å². The number of fused-ring (bicyclic) bond motifs is 3. The van der Waals surface area contributed by atoms with E-state index < -0.39 is 7.92 Å². The molecule has 5 rings (SSSR count). The zero-order valence-electron chi connectivity index (χ0n) is 14.7. The average molecular weight is 364 g/mol. The fraction of sp³-hybridized carbons (Fsp3) is 0. The Hall–Kier alpha value is -3.09. The molecule has 0 unspecified atom stereocenters. The molecule has 0 radical (unpaired) electrons. The van der Waals surface area contributed by atoms with E-state index in [1.807, 2.05) is 12.3 Å². The van der Waals surface area contributed by atoms with Crippen LogP contribution in [-0.4, -0.2) is 9.97 Å². The topological polar surface area (TPSA) is 25.8 Å². The normalized spacial score (nSPS) is 11.3. The van der Waals surface area contributed by atoms with Crippen LogP contribution in [-0.2, 0) is 0 Å². The van der Waals surface area contributed by atoms with Gasteiger partial charge in [0.15, 0.2) is 0 Å². The molecule has 0 saturated heterocycles. The van der Waals surface area contributed by atoms with E-state index in [0.717, 1.165) is 27.2 Å². The summed E-state index contributed by atoms with van der Waals surface area (Å²) in [5.41, 5.74) is 3.05. The molecular formula is C24H17N2P. The molecular weight excluding hydrogens is 347 g/mol. The molecule has 0 bridgehead atoms. The number of hydrogen-bond donors (Lipinski definition) is 0. The van der Waals surface area contributed by atoms with Crippen LogP contribution in [0.1, 0.15) is 0 Å². The molecule has 0 aliphatic rings. The number of benzene rings is 3. The molecule has 2 heterocycles. The van der Waals surface area contributed by atoms with Gasteiger partial charge in [0.05, 0.1) is 16.5 Å². The second-order valence-corrected chi connectivity index (χ2v) is 8.55. The predicted molar refractivity (Wildman–Crippen MR) is 116 cm³/mol. The largest absolute Gasteiger partial charge is 0.254 e. The van der Waals surface area contributed by atoms with Crippen molar-refractivity contribution in [2.24, 2.45) is 0 Å². The van der Waals surface area contributed by atoms with Crippen molar-refractivity contribution in [3.63, 3.8) is 0 Å². The van der Waals surface area contributed by atoms with Gasteiger partial charge in [0, 0.05) is 24.9 Å². The van der Waals surface area contributed by atoms with Crippen molar-refractivity contribution < 1.29 is 0 Å². The van der Waals surface area contributed by atoms with Crippen LogP contribution >= 0.6 is 7.92 Å². The van der Waals surface area contributed by atoms with Crippen LogP contribution in [0.25, 0.3) is 21.8 Å². The molecule has 0 aliphatic heterocycles. The summed E-state index contributed by atoms with van der Waals surface area (Å²) in [7, 11) is -0.713. The maximum atomic E-state index is 5.12. The lowest BCUT2D eigenvalue weighted by molar-refractivity contribution is 1.40. The molecule has 0 N–H and O–H groups in total. The van der Waals surface area contributed by atoms with Crippen molar-refractivity contribution in [1.82, 2.24) is 9.97 Å². The third-order valence-corrected chi connectivity index (χ3v) is 7.01. The first-order chi connectivity index (χ1) is 13.4. The first-order valence-corrected chi connectivity index (χ1v) is 10.3. The minimum atomic E-state index is -0.713. The molecule has 2 aromatic heterocycles. The molecule has 0 atom stereocenters. The molecule has 0 saturated carbocycles. The van der Waals surface area contributed by atoms with Gasteiger partial charge >= 0.3 is 0 Å². The predicted octanol–water partition coefficient (Wildman–Crippen LogP) is 4.54. The molecule has 0 spiro atoms. The minimum absolute atomic E-state index is 0.713. The number of pyridine rings is 2. The van der Waals surface area contributed by atoms with Crippen LogP contribution in [0.4, 0.5) is 0 Å². The average Bonchev–Trinajstić information content (AvgIpc) is 2.75. The Bertz CT molecular complexity index is 1180. The maximum absolute atomic E-state index is 5.12. The van der Waals surface area contributed by atoms with E-state index in [0.29, 0.717) is 0 Å². The summed E-state index contributed by atoms with van der Waals surface area (Å²) in [5.74, 6) is 0. The van der Waals surface area contributed by atoms with Crippen molar-refractivity contribution in [2.45, 2.75) is 0 Å². The molecule has 27 heavy (non-hydrogen) atoms. The second kappa shape index (κ2) is 6.90. The third-order valence-electron chi connectivity index (χ3n) is 4.68. The summed E-state index contributed by atoms with van der Waals surface area (Å²) in [6, 6.07) is 34.0. The second-order valence-electron chi connectivity index (χ2n) is 6.39. The van der Waals surface area contributed by atoms with E-state index in [9.17, 15) is 0 Å². The van der Waals surface area contributed by atoms with Gasteiger partial charge in [0.1, 0.15) is 0 Å². The van der Waals surface area contributed by atoms with Gasteiger partial charge in [-0.3, -0.25) is 4.98 Å². The monoisotopic (exact) mass is 364 g/mol. The van der Waals surface area contributed by atoms with Gasteiger partial charge in [-0.05, 0) is 22.7 Å². The van der Waals surface area contributed by atoms with Gasteiger partial charge in [-0.1, -0.05) is 84.9 Å². The molecule has 2 nitrogen and oxygen atoms in total. The highest BCUT2D eigenvalue weighted by Gasteiger charge is 2.18. The van der Waals surface area contributed by atoms with Crippen LogP contribution < -0.4 is 16.0 Å². The van der Waals surface area contributed by atoms with E-state index in [4.69, 9.17) is 4.98 Å². The smallest absolute Gasteiger partial charge is 0.0972 e. The Morgan fingerprint density at radius 2 is 1.11 bits per heavy atom. The molecule has 128 valence electrons. The maximum Gasteiger partial charge on any atom is 0.0972 e. The summed E-state index contributed by atoms with van der Waals surface area (Å²) in [6.07, 6.45) is 1.84. The lowest BCUT2D eigenvalue weighted by Crippen LogP contribution is -2.22. The van der Waals surface area contributed by atoms with E-state index in [1.54, 1.807) is 0 Å². The number of rotatable bonds is 3. The van der Waals surface area contributed by atoms with Crippen molar-refractivity contribution in [3.8, 4) is 0 Å².